The van der Waals surface area contributed by atoms with Gasteiger partial charge in [0.1, 0.15) is 5.75 Å². The molecule has 0 spiro atoms. The summed E-state index contributed by atoms with van der Waals surface area (Å²) < 4.78 is 5.70. The molecular weight excluding hydrogens is 198 g/mol. The maximum absolute atomic E-state index is 5.70. The summed E-state index contributed by atoms with van der Waals surface area (Å²) in [4.78, 5) is 4.22. The highest BCUT2D eigenvalue weighted by molar-refractivity contribution is 5.54. The molecule has 0 saturated heterocycles. The Morgan fingerprint density at radius 1 is 1.06 bits per heavy atom. The first-order chi connectivity index (χ1) is 7.90. The summed E-state index contributed by atoms with van der Waals surface area (Å²) in [6.07, 6.45) is 5.67. The average Bonchev–Trinajstić information content (AvgIpc) is 2.33. The molecule has 0 radical (unpaired) electrons. The van der Waals surface area contributed by atoms with Crippen LogP contribution in [0.15, 0.2) is 54.7 Å². The quantitative estimate of drug-likeness (QED) is 0.768. The van der Waals surface area contributed by atoms with Crippen LogP contribution >= 0.6 is 0 Å². The van der Waals surface area contributed by atoms with Gasteiger partial charge in [-0.25, -0.2) is 4.98 Å². The van der Waals surface area contributed by atoms with E-state index < -0.39 is 0 Å². The van der Waals surface area contributed by atoms with Crippen molar-refractivity contribution in [2.24, 2.45) is 0 Å². The van der Waals surface area contributed by atoms with Crippen molar-refractivity contribution in [2.75, 3.05) is 0 Å². The second-order valence-corrected chi connectivity index (χ2v) is 3.31. The zero-order valence-electron chi connectivity index (χ0n) is 9.13. The molecule has 0 fully saturated rings. The fraction of sp³-hybridized carbons (Fsp3) is 0.0714. The topological polar surface area (TPSA) is 22.1 Å². The van der Waals surface area contributed by atoms with Gasteiger partial charge >= 0.3 is 0 Å². The van der Waals surface area contributed by atoms with Gasteiger partial charge in [0.25, 0.3) is 0 Å². The smallest absolute Gasteiger partial charge is 0.226 e. The maximum Gasteiger partial charge on any atom is 0.226 e. The van der Waals surface area contributed by atoms with Gasteiger partial charge in [0.2, 0.25) is 5.88 Å². The Morgan fingerprint density at radius 3 is 2.62 bits per heavy atom. The summed E-state index contributed by atoms with van der Waals surface area (Å²) in [6, 6.07) is 13.5. The molecule has 0 unspecified atom stereocenters. The Balaban J connectivity index is 2.28. The van der Waals surface area contributed by atoms with Gasteiger partial charge < -0.3 is 4.74 Å². The van der Waals surface area contributed by atoms with Crippen molar-refractivity contribution in [1.82, 2.24) is 4.98 Å². The van der Waals surface area contributed by atoms with Crippen LogP contribution in [0.5, 0.6) is 11.6 Å². The summed E-state index contributed by atoms with van der Waals surface area (Å²) in [5.74, 6) is 1.43. The Kier molecular flexibility index (Phi) is 3.34. The van der Waals surface area contributed by atoms with Gasteiger partial charge in [-0.15, -0.1) is 0 Å². The van der Waals surface area contributed by atoms with Gasteiger partial charge in [-0.2, -0.15) is 0 Å². The van der Waals surface area contributed by atoms with E-state index in [-0.39, 0.29) is 0 Å². The van der Waals surface area contributed by atoms with Crippen LogP contribution in [0.3, 0.4) is 0 Å². The van der Waals surface area contributed by atoms with Crippen LogP contribution in [-0.2, 0) is 0 Å². The summed E-state index contributed by atoms with van der Waals surface area (Å²) in [5.41, 5.74) is 0.980. The summed E-state index contributed by atoms with van der Waals surface area (Å²) in [5, 5.41) is 0. The number of rotatable bonds is 3. The van der Waals surface area contributed by atoms with E-state index in [2.05, 4.69) is 4.98 Å². The highest BCUT2D eigenvalue weighted by Crippen LogP contribution is 2.23. The van der Waals surface area contributed by atoms with Crippen LogP contribution in [0.2, 0.25) is 0 Å². The molecule has 2 nitrogen and oxygen atoms in total. The van der Waals surface area contributed by atoms with E-state index in [0.29, 0.717) is 5.88 Å². The molecule has 80 valence electrons. The first-order valence-electron chi connectivity index (χ1n) is 5.21. The van der Waals surface area contributed by atoms with Crippen LogP contribution in [0.4, 0.5) is 0 Å². The van der Waals surface area contributed by atoms with E-state index >= 15 is 0 Å². The van der Waals surface area contributed by atoms with Gasteiger partial charge in [-0.3, -0.25) is 0 Å². The van der Waals surface area contributed by atoms with Gasteiger partial charge in [-0.05, 0) is 31.2 Å². The van der Waals surface area contributed by atoms with Crippen molar-refractivity contribution in [3.63, 3.8) is 0 Å². The van der Waals surface area contributed by atoms with E-state index in [9.17, 15) is 0 Å². The van der Waals surface area contributed by atoms with Crippen molar-refractivity contribution in [2.45, 2.75) is 6.92 Å². The molecule has 0 atom stereocenters. The van der Waals surface area contributed by atoms with Crippen LogP contribution in [0, 0.1) is 0 Å². The van der Waals surface area contributed by atoms with Crippen molar-refractivity contribution in [1.29, 1.82) is 0 Å². The van der Waals surface area contributed by atoms with Gasteiger partial charge in [-0.1, -0.05) is 30.4 Å². The number of pyridine rings is 1. The van der Waals surface area contributed by atoms with E-state index in [1.54, 1.807) is 6.20 Å². The number of benzene rings is 1. The molecule has 0 saturated carbocycles. The lowest BCUT2D eigenvalue weighted by Crippen LogP contribution is -1.90. The SMILES string of the molecule is CC=Cc1cccnc1Oc1ccccc1. The third-order valence-corrected chi connectivity index (χ3v) is 2.10. The fourth-order valence-corrected chi connectivity index (χ4v) is 1.40. The molecule has 0 bridgehead atoms. The Labute approximate surface area is 95.2 Å². The zero-order valence-corrected chi connectivity index (χ0v) is 9.13. The third-order valence-electron chi connectivity index (χ3n) is 2.10. The largest absolute Gasteiger partial charge is 0.438 e. The first kappa shape index (κ1) is 10.4. The number of hydrogen-bond acceptors (Lipinski definition) is 2. The highest BCUT2D eigenvalue weighted by atomic mass is 16.5. The number of hydrogen-bond donors (Lipinski definition) is 0. The van der Waals surface area contributed by atoms with E-state index in [0.717, 1.165) is 11.3 Å². The summed E-state index contributed by atoms with van der Waals surface area (Å²) in [7, 11) is 0. The van der Waals surface area contributed by atoms with Gasteiger partial charge in [0, 0.05) is 11.8 Å². The molecule has 1 aromatic carbocycles. The van der Waals surface area contributed by atoms with Gasteiger partial charge in [0.15, 0.2) is 0 Å². The lowest BCUT2D eigenvalue weighted by Gasteiger charge is -2.06. The standard InChI is InChI=1S/C14H13NO/c1-2-7-12-8-6-11-15-14(12)16-13-9-4-3-5-10-13/h2-11H,1H3. The normalized spacial score (nSPS) is 10.6. The molecule has 0 aliphatic heterocycles. The summed E-state index contributed by atoms with van der Waals surface area (Å²) >= 11 is 0. The van der Waals surface area contributed by atoms with Crippen LogP contribution in [0.1, 0.15) is 12.5 Å². The van der Waals surface area contributed by atoms with Crippen LogP contribution < -0.4 is 4.74 Å². The van der Waals surface area contributed by atoms with Crippen LogP contribution in [-0.4, -0.2) is 4.98 Å². The van der Waals surface area contributed by atoms with Crippen molar-refractivity contribution in [3.05, 3.63) is 60.3 Å². The number of aromatic nitrogens is 1. The van der Waals surface area contributed by atoms with Crippen molar-refractivity contribution >= 4 is 6.08 Å². The lowest BCUT2D eigenvalue weighted by molar-refractivity contribution is 0.462. The van der Waals surface area contributed by atoms with E-state index in [1.807, 2.05) is 61.5 Å². The molecule has 0 amide bonds. The molecule has 0 N–H and O–H groups in total. The number of nitrogens with zero attached hydrogens (tertiary/aromatic N) is 1. The number of para-hydroxylation sites is 1. The Morgan fingerprint density at radius 2 is 1.88 bits per heavy atom. The average molecular weight is 211 g/mol. The number of allylic oxidation sites excluding steroid dienone is 1. The molecule has 1 heterocycles. The molecule has 16 heavy (non-hydrogen) atoms. The predicted octanol–water partition coefficient (Wildman–Crippen LogP) is 3.91. The van der Waals surface area contributed by atoms with Crippen molar-refractivity contribution < 1.29 is 4.74 Å². The third kappa shape index (κ3) is 2.48. The Bertz CT molecular complexity index is 477. The maximum atomic E-state index is 5.70. The summed E-state index contributed by atoms with van der Waals surface area (Å²) in [6.45, 7) is 1.97. The lowest BCUT2D eigenvalue weighted by atomic mass is 10.2. The van der Waals surface area contributed by atoms with E-state index in [4.69, 9.17) is 4.74 Å². The predicted molar refractivity (Wildman–Crippen MR) is 65.5 cm³/mol. The highest BCUT2D eigenvalue weighted by Gasteiger charge is 2.02. The van der Waals surface area contributed by atoms with Gasteiger partial charge in [0.05, 0.1) is 0 Å². The molecular formula is C14H13NO. The second kappa shape index (κ2) is 5.12. The van der Waals surface area contributed by atoms with E-state index in [1.165, 1.54) is 0 Å². The molecule has 0 aliphatic carbocycles. The molecule has 0 aliphatic rings. The zero-order chi connectivity index (χ0) is 11.2. The fourth-order valence-electron chi connectivity index (χ4n) is 1.40. The molecule has 2 aromatic rings. The minimum absolute atomic E-state index is 0.631. The molecule has 1 aromatic heterocycles. The second-order valence-electron chi connectivity index (χ2n) is 3.31. The molecule has 2 rings (SSSR count). The number of ether oxygens (including phenoxy) is 1. The first-order valence-corrected chi connectivity index (χ1v) is 5.21. The molecule has 2 heteroatoms. The Hall–Kier alpha value is -2.09. The minimum Gasteiger partial charge on any atom is -0.438 e. The van der Waals surface area contributed by atoms with Crippen LogP contribution in [0.25, 0.3) is 6.08 Å². The monoisotopic (exact) mass is 211 g/mol. The van der Waals surface area contributed by atoms with Crippen molar-refractivity contribution in [3.8, 4) is 11.6 Å². The minimum atomic E-state index is 0.631.